The van der Waals surface area contributed by atoms with E-state index in [1.807, 2.05) is 12.1 Å². The number of aromatic nitrogens is 1. The molecular weight excluding hydrogens is 330 g/mol. The average Bonchev–Trinajstić information content (AvgIpc) is 2.82. The molecule has 5 nitrogen and oxygen atoms in total. The van der Waals surface area contributed by atoms with Crippen LogP contribution in [-0.2, 0) is 11.3 Å². The fourth-order valence-corrected chi connectivity index (χ4v) is 2.93. The molecule has 2 aromatic rings. The maximum absolute atomic E-state index is 11.6. The van der Waals surface area contributed by atoms with Crippen molar-refractivity contribution < 1.29 is 9.53 Å². The lowest BCUT2D eigenvalue weighted by Gasteiger charge is -2.09. The summed E-state index contributed by atoms with van der Waals surface area (Å²) in [5.41, 5.74) is 6.38. The third kappa shape index (κ3) is 3.45. The summed E-state index contributed by atoms with van der Waals surface area (Å²) in [7, 11) is 1.33. The van der Waals surface area contributed by atoms with Crippen molar-refractivity contribution in [1.82, 2.24) is 4.98 Å². The lowest BCUT2D eigenvalue weighted by atomic mass is 10.2. The number of pyridine rings is 1. The zero-order valence-electron chi connectivity index (χ0n) is 10.1. The van der Waals surface area contributed by atoms with Crippen LogP contribution >= 0.6 is 27.3 Å². The van der Waals surface area contributed by atoms with Crippen LogP contribution in [0.15, 0.2) is 28.2 Å². The van der Waals surface area contributed by atoms with E-state index in [2.05, 4.69) is 26.2 Å². The number of nitrogens with two attached hydrogens (primary N) is 1. The van der Waals surface area contributed by atoms with Crippen LogP contribution in [0.4, 0.5) is 11.5 Å². The number of hydrogen-bond acceptors (Lipinski definition) is 6. The molecule has 0 saturated heterocycles. The summed E-state index contributed by atoms with van der Waals surface area (Å²) in [6, 6.07) is 5.52. The Morgan fingerprint density at radius 3 is 3.00 bits per heavy atom. The summed E-state index contributed by atoms with van der Waals surface area (Å²) in [6.45, 7) is 0.581. The van der Waals surface area contributed by atoms with Crippen LogP contribution in [0.1, 0.15) is 15.2 Å². The molecule has 0 radical (unpaired) electrons. The van der Waals surface area contributed by atoms with Gasteiger partial charge in [-0.1, -0.05) is 0 Å². The van der Waals surface area contributed by atoms with Crippen LogP contribution < -0.4 is 11.1 Å². The Morgan fingerprint density at radius 2 is 2.37 bits per heavy atom. The number of methoxy groups -OCH3 is 1. The molecule has 0 aliphatic heterocycles. The molecule has 2 rings (SSSR count). The summed E-state index contributed by atoms with van der Waals surface area (Å²) >= 11 is 5.02. The van der Waals surface area contributed by atoms with Crippen molar-refractivity contribution in [2.75, 3.05) is 18.2 Å². The molecule has 2 aromatic heterocycles. The molecule has 0 bridgehead atoms. The van der Waals surface area contributed by atoms with Gasteiger partial charge in [-0.05, 0) is 34.1 Å². The van der Waals surface area contributed by atoms with Crippen LogP contribution in [0, 0.1) is 0 Å². The van der Waals surface area contributed by atoms with Crippen LogP contribution in [0.25, 0.3) is 0 Å². The highest BCUT2D eigenvalue weighted by Crippen LogP contribution is 2.23. The van der Waals surface area contributed by atoms with Crippen LogP contribution in [-0.4, -0.2) is 18.1 Å². The SMILES string of the molecule is COC(=O)c1cc(N)cnc1NCc1ccc(Br)s1. The molecule has 7 heteroatoms. The van der Waals surface area contributed by atoms with Gasteiger partial charge >= 0.3 is 5.97 Å². The van der Waals surface area contributed by atoms with Crippen molar-refractivity contribution in [2.45, 2.75) is 6.54 Å². The zero-order valence-corrected chi connectivity index (χ0v) is 12.5. The summed E-state index contributed by atoms with van der Waals surface area (Å²) in [6.07, 6.45) is 1.50. The molecule has 0 aromatic carbocycles. The quantitative estimate of drug-likeness (QED) is 0.836. The second-order valence-corrected chi connectivity index (χ2v) is 6.26. The number of nitrogens with one attached hydrogen (secondary N) is 1. The zero-order chi connectivity index (χ0) is 13.8. The summed E-state index contributed by atoms with van der Waals surface area (Å²) in [4.78, 5) is 16.9. The topological polar surface area (TPSA) is 77.2 Å². The number of halogens is 1. The Labute approximate surface area is 122 Å². The minimum atomic E-state index is -0.463. The maximum Gasteiger partial charge on any atom is 0.341 e. The summed E-state index contributed by atoms with van der Waals surface area (Å²) < 4.78 is 5.77. The monoisotopic (exact) mass is 341 g/mol. The number of carbonyl (C=O) groups excluding carboxylic acids is 1. The van der Waals surface area contributed by atoms with E-state index in [-0.39, 0.29) is 0 Å². The molecular formula is C12H12BrN3O2S. The smallest absolute Gasteiger partial charge is 0.341 e. The minimum Gasteiger partial charge on any atom is -0.465 e. The number of hydrogen-bond donors (Lipinski definition) is 2. The van der Waals surface area contributed by atoms with E-state index in [9.17, 15) is 4.79 Å². The molecule has 0 aliphatic rings. The fourth-order valence-electron chi connectivity index (χ4n) is 1.50. The molecule has 0 aliphatic carbocycles. The molecule has 0 spiro atoms. The number of ether oxygens (including phenoxy) is 1. The number of esters is 1. The van der Waals surface area contributed by atoms with Crippen molar-refractivity contribution in [1.29, 1.82) is 0 Å². The van der Waals surface area contributed by atoms with E-state index in [0.717, 1.165) is 8.66 Å². The lowest BCUT2D eigenvalue weighted by Crippen LogP contribution is -2.10. The van der Waals surface area contributed by atoms with Crippen molar-refractivity contribution in [3.63, 3.8) is 0 Å². The van der Waals surface area contributed by atoms with Gasteiger partial charge in [0.05, 0.1) is 29.3 Å². The number of rotatable bonds is 4. The lowest BCUT2D eigenvalue weighted by molar-refractivity contribution is 0.0601. The Bertz CT molecular complexity index is 600. The molecule has 0 fully saturated rings. The van der Waals surface area contributed by atoms with Gasteiger partial charge in [-0.15, -0.1) is 11.3 Å². The predicted molar refractivity (Wildman–Crippen MR) is 79.3 cm³/mol. The van der Waals surface area contributed by atoms with Gasteiger partial charge in [-0.2, -0.15) is 0 Å². The first-order valence-electron chi connectivity index (χ1n) is 5.42. The van der Waals surface area contributed by atoms with Crippen LogP contribution in [0.5, 0.6) is 0 Å². The number of thiophene rings is 1. The van der Waals surface area contributed by atoms with E-state index in [1.165, 1.54) is 13.3 Å². The highest BCUT2D eigenvalue weighted by Gasteiger charge is 2.13. The van der Waals surface area contributed by atoms with Gasteiger partial charge in [0.15, 0.2) is 0 Å². The van der Waals surface area contributed by atoms with E-state index in [4.69, 9.17) is 10.5 Å². The molecule has 3 N–H and O–H groups in total. The molecule has 0 atom stereocenters. The van der Waals surface area contributed by atoms with Crippen LogP contribution in [0.3, 0.4) is 0 Å². The Hall–Kier alpha value is -1.60. The van der Waals surface area contributed by atoms with E-state index < -0.39 is 5.97 Å². The first-order valence-corrected chi connectivity index (χ1v) is 7.03. The van der Waals surface area contributed by atoms with Gasteiger partial charge in [-0.25, -0.2) is 9.78 Å². The maximum atomic E-state index is 11.6. The first-order chi connectivity index (χ1) is 9.10. The second-order valence-electron chi connectivity index (χ2n) is 3.72. The van der Waals surface area contributed by atoms with Gasteiger partial charge in [0, 0.05) is 4.88 Å². The fraction of sp³-hybridized carbons (Fsp3) is 0.167. The van der Waals surface area contributed by atoms with Crippen molar-refractivity contribution in [3.05, 3.63) is 38.6 Å². The van der Waals surface area contributed by atoms with E-state index in [1.54, 1.807) is 17.4 Å². The number of carbonyl (C=O) groups is 1. The normalized spacial score (nSPS) is 10.2. The van der Waals surface area contributed by atoms with E-state index >= 15 is 0 Å². The highest BCUT2D eigenvalue weighted by atomic mass is 79.9. The highest BCUT2D eigenvalue weighted by molar-refractivity contribution is 9.11. The Balaban J connectivity index is 2.17. The molecule has 0 unspecified atom stereocenters. The summed E-state index contributed by atoms with van der Waals surface area (Å²) in [5, 5.41) is 3.11. The van der Waals surface area contributed by atoms with Gasteiger partial charge in [-0.3, -0.25) is 0 Å². The van der Waals surface area contributed by atoms with Crippen LogP contribution in [0.2, 0.25) is 0 Å². The molecule has 0 saturated carbocycles. The average molecular weight is 342 g/mol. The van der Waals surface area contributed by atoms with Crippen molar-refractivity contribution in [3.8, 4) is 0 Å². The Kier molecular flexibility index (Phi) is 4.39. The number of nitrogens with zero attached hydrogens (tertiary/aromatic N) is 1. The number of anilines is 2. The molecule has 2 heterocycles. The second kappa shape index (κ2) is 6.03. The summed E-state index contributed by atoms with van der Waals surface area (Å²) in [5.74, 6) is 0.000215. The first kappa shape index (κ1) is 13.8. The standard InChI is InChI=1S/C12H12BrN3O2S/c1-18-12(17)9-4-7(14)5-15-11(9)16-6-8-2-3-10(13)19-8/h2-5H,6,14H2,1H3,(H,15,16). The third-order valence-electron chi connectivity index (χ3n) is 2.37. The largest absolute Gasteiger partial charge is 0.465 e. The number of nitrogen functional groups attached to an aromatic ring is 1. The molecule has 0 amide bonds. The van der Waals surface area contributed by atoms with E-state index in [0.29, 0.717) is 23.6 Å². The predicted octanol–water partition coefficient (Wildman–Crippen LogP) is 2.89. The molecule has 19 heavy (non-hydrogen) atoms. The van der Waals surface area contributed by atoms with Gasteiger partial charge in [0.2, 0.25) is 0 Å². The van der Waals surface area contributed by atoms with Gasteiger partial charge in [0.25, 0.3) is 0 Å². The van der Waals surface area contributed by atoms with Crippen molar-refractivity contribution in [2.24, 2.45) is 0 Å². The van der Waals surface area contributed by atoms with Crippen molar-refractivity contribution >= 4 is 44.7 Å². The van der Waals surface area contributed by atoms with Gasteiger partial charge in [0.1, 0.15) is 11.4 Å². The minimum absolute atomic E-state index is 0.332. The molecule has 100 valence electrons. The Morgan fingerprint density at radius 1 is 1.58 bits per heavy atom. The third-order valence-corrected chi connectivity index (χ3v) is 4.00. The van der Waals surface area contributed by atoms with Gasteiger partial charge < -0.3 is 15.8 Å².